The minimum Gasteiger partial charge on any atom is -0.344 e. The highest BCUT2D eigenvalue weighted by atomic mass is 14.7. The molecule has 2 saturated carbocycles. The summed E-state index contributed by atoms with van der Waals surface area (Å²) in [7, 11) is 0. The van der Waals surface area contributed by atoms with Crippen LogP contribution in [-0.2, 0) is 0 Å². The van der Waals surface area contributed by atoms with Crippen LogP contribution in [0, 0.1) is 11.8 Å². The molecule has 0 saturated heterocycles. The summed E-state index contributed by atoms with van der Waals surface area (Å²) in [4.78, 5) is 0. The maximum absolute atomic E-state index is 6.21. The standard InChI is InChI=1S/C13H26N2.2H3N/c14-12-7-6-11(13(15)9-12)8-10-4-2-1-3-5-10;;/h10-13H,1-9,14-15H2;2*1H3. The van der Waals surface area contributed by atoms with Gasteiger partial charge in [0, 0.05) is 12.1 Å². The minimum atomic E-state index is 0. The third-order valence-electron chi connectivity index (χ3n) is 4.45. The number of hydrogen-bond donors (Lipinski definition) is 4. The fourth-order valence-corrected chi connectivity index (χ4v) is 3.45. The Labute approximate surface area is 106 Å². The lowest BCUT2D eigenvalue weighted by Crippen LogP contribution is -2.42. The van der Waals surface area contributed by atoms with E-state index in [2.05, 4.69) is 0 Å². The van der Waals surface area contributed by atoms with Crippen molar-refractivity contribution in [3.05, 3.63) is 0 Å². The van der Waals surface area contributed by atoms with Crippen molar-refractivity contribution in [3.63, 3.8) is 0 Å². The minimum absolute atomic E-state index is 0. The van der Waals surface area contributed by atoms with Crippen molar-refractivity contribution in [2.24, 2.45) is 23.3 Å². The fourth-order valence-electron chi connectivity index (χ4n) is 3.45. The van der Waals surface area contributed by atoms with E-state index >= 15 is 0 Å². The van der Waals surface area contributed by atoms with E-state index in [-0.39, 0.29) is 12.3 Å². The molecule has 0 aromatic heterocycles. The zero-order valence-corrected chi connectivity index (χ0v) is 11.2. The van der Waals surface area contributed by atoms with E-state index in [1.165, 1.54) is 51.4 Å². The average Bonchev–Trinajstić information content (AvgIpc) is 2.24. The van der Waals surface area contributed by atoms with Gasteiger partial charge < -0.3 is 23.8 Å². The summed E-state index contributed by atoms with van der Waals surface area (Å²) < 4.78 is 0. The van der Waals surface area contributed by atoms with E-state index in [4.69, 9.17) is 11.5 Å². The molecule has 0 radical (unpaired) electrons. The lowest BCUT2D eigenvalue weighted by atomic mass is 9.74. The molecule has 4 nitrogen and oxygen atoms in total. The lowest BCUT2D eigenvalue weighted by molar-refractivity contribution is 0.209. The zero-order valence-electron chi connectivity index (χ0n) is 11.2. The molecule has 3 atom stereocenters. The van der Waals surface area contributed by atoms with Crippen LogP contribution < -0.4 is 23.8 Å². The number of nitrogens with two attached hydrogens (primary N) is 2. The molecule has 0 bridgehead atoms. The van der Waals surface area contributed by atoms with Crippen LogP contribution >= 0.6 is 0 Å². The molecule has 2 aliphatic carbocycles. The third-order valence-corrected chi connectivity index (χ3v) is 4.45. The molecule has 2 aliphatic rings. The summed E-state index contributed by atoms with van der Waals surface area (Å²) in [5.74, 6) is 1.75. The molecule has 10 N–H and O–H groups in total. The lowest BCUT2D eigenvalue weighted by Gasteiger charge is -2.35. The van der Waals surface area contributed by atoms with Gasteiger partial charge in [0.05, 0.1) is 0 Å². The monoisotopic (exact) mass is 244 g/mol. The van der Waals surface area contributed by atoms with Gasteiger partial charge in [-0.25, -0.2) is 0 Å². The highest BCUT2D eigenvalue weighted by molar-refractivity contribution is 4.86. The normalized spacial score (nSPS) is 34.6. The smallest absolute Gasteiger partial charge is 0.00820 e. The maximum atomic E-state index is 6.21. The molecular formula is C13H32N4. The SMILES string of the molecule is N.N.NC1CCC(CC2CCCCC2)C(N)C1. The number of hydrogen-bond acceptors (Lipinski definition) is 4. The molecule has 104 valence electrons. The van der Waals surface area contributed by atoms with Gasteiger partial charge in [0.25, 0.3) is 0 Å². The second-order valence-electron chi connectivity index (χ2n) is 5.74. The van der Waals surface area contributed by atoms with E-state index in [1.807, 2.05) is 0 Å². The first kappa shape index (κ1) is 16.8. The Morgan fingerprint density at radius 3 is 2.06 bits per heavy atom. The van der Waals surface area contributed by atoms with Crippen molar-refractivity contribution in [1.29, 1.82) is 0 Å². The van der Waals surface area contributed by atoms with Crippen LogP contribution in [-0.4, -0.2) is 12.1 Å². The maximum Gasteiger partial charge on any atom is 0.00820 e. The molecule has 0 aromatic carbocycles. The van der Waals surface area contributed by atoms with Gasteiger partial charge in [0.1, 0.15) is 0 Å². The second-order valence-corrected chi connectivity index (χ2v) is 5.74. The van der Waals surface area contributed by atoms with Gasteiger partial charge in [-0.15, -0.1) is 0 Å². The van der Waals surface area contributed by atoms with E-state index < -0.39 is 0 Å². The molecule has 0 amide bonds. The highest BCUT2D eigenvalue weighted by Crippen LogP contribution is 2.34. The molecule has 0 spiro atoms. The van der Waals surface area contributed by atoms with Crippen LogP contribution in [0.2, 0.25) is 0 Å². The van der Waals surface area contributed by atoms with Gasteiger partial charge in [-0.1, -0.05) is 32.1 Å². The molecule has 17 heavy (non-hydrogen) atoms. The Balaban J connectivity index is 0.00000128. The molecule has 2 rings (SSSR count). The Bertz CT molecular complexity index is 192. The highest BCUT2D eigenvalue weighted by Gasteiger charge is 2.28. The number of rotatable bonds is 2. The van der Waals surface area contributed by atoms with Crippen molar-refractivity contribution in [2.45, 2.75) is 69.9 Å². The summed E-state index contributed by atoms with van der Waals surface area (Å²) in [6.07, 6.45) is 12.2. The van der Waals surface area contributed by atoms with Gasteiger partial charge in [-0.2, -0.15) is 0 Å². The topological polar surface area (TPSA) is 122 Å². The van der Waals surface area contributed by atoms with E-state index in [0.29, 0.717) is 12.1 Å². The Morgan fingerprint density at radius 2 is 1.47 bits per heavy atom. The van der Waals surface area contributed by atoms with E-state index in [1.54, 1.807) is 0 Å². The largest absolute Gasteiger partial charge is 0.344 e. The first-order chi connectivity index (χ1) is 7.25. The summed E-state index contributed by atoms with van der Waals surface area (Å²) in [6.45, 7) is 0. The molecule has 0 aromatic rings. The quantitative estimate of drug-likeness (QED) is 0.596. The van der Waals surface area contributed by atoms with Crippen LogP contribution in [0.3, 0.4) is 0 Å². The Morgan fingerprint density at radius 1 is 0.824 bits per heavy atom. The van der Waals surface area contributed by atoms with Crippen molar-refractivity contribution in [2.75, 3.05) is 0 Å². The van der Waals surface area contributed by atoms with Gasteiger partial charge >= 0.3 is 0 Å². The first-order valence-corrected chi connectivity index (χ1v) is 6.77. The van der Waals surface area contributed by atoms with E-state index in [0.717, 1.165) is 18.3 Å². The van der Waals surface area contributed by atoms with Crippen molar-refractivity contribution >= 4 is 0 Å². The van der Waals surface area contributed by atoms with Crippen LogP contribution in [0.4, 0.5) is 0 Å². The van der Waals surface area contributed by atoms with Crippen LogP contribution in [0.1, 0.15) is 57.8 Å². The summed E-state index contributed by atoms with van der Waals surface area (Å²) in [5, 5.41) is 0. The first-order valence-electron chi connectivity index (χ1n) is 6.77. The molecule has 0 heterocycles. The predicted octanol–water partition coefficient (Wildman–Crippen LogP) is 2.74. The molecule has 2 fully saturated rings. The molecule has 3 unspecified atom stereocenters. The third kappa shape index (κ3) is 4.92. The molecular weight excluding hydrogens is 212 g/mol. The van der Waals surface area contributed by atoms with Crippen LogP contribution in [0.25, 0.3) is 0 Å². The van der Waals surface area contributed by atoms with Gasteiger partial charge in [0.15, 0.2) is 0 Å². The average molecular weight is 244 g/mol. The summed E-state index contributed by atoms with van der Waals surface area (Å²) >= 11 is 0. The summed E-state index contributed by atoms with van der Waals surface area (Å²) in [5.41, 5.74) is 12.1. The van der Waals surface area contributed by atoms with Crippen LogP contribution in [0.5, 0.6) is 0 Å². The van der Waals surface area contributed by atoms with Crippen molar-refractivity contribution in [3.8, 4) is 0 Å². The fraction of sp³-hybridized carbons (Fsp3) is 1.00. The molecule has 4 heteroatoms. The zero-order chi connectivity index (χ0) is 10.7. The van der Waals surface area contributed by atoms with Gasteiger partial charge in [-0.3, -0.25) is 0 Å². The van der Waals surface area contributed by atoms with Crippen molar-refractivity contribution in [1.82, 2.24) is 12.3 Å². The summed E-state index contributed by atoms with van der Waals surface area (Å²) in [6, 6.07) is 0.762. The van der Waals surface area contributed by atoms with Crippen LogP contribution in [0.15, 0.2) is 0 Å². The second kappa shape index (κ2) is 8.03. The van der Waals surface area contributed by atoms with E-state index in [9.17, 15) is 0 Å². The van der Waals surface area contributed by atoms with Gasteiger partial charge in [-0.05, 0) is 37.5 Å². The Hall–Kier alpha value is -0.160. The van der Waals surface area contributed by atoms with Crippen molar-refractivity contribution < 1.29 is 0 Å². The van der Waals surface area contributed by atoms with Gasteiger partial charge in [0.2, 0.25) is 0 Å². The Kier molecular flexibility index (Phi) is 7.96. The molecule has 0 aliphatic heterocycles. The predicted molar refractivity (Wildman–Crippen MR) is 74.5 cm³/mol.